The Bertz CT molecular complexity index is 642. The molecule has 0 aromatic heterocycles. The van der Waals surface area contributed by atoms with Gasteiger partial charge < -0.3 is 5.32 Å². The lowest BCUT2D eigenvalue weighted by Crippen LogP contribution is -2.48. The van der Waals surface area contributed by atoms with E-state index < -0.39 is 10.0 Å². The molecular weight excluding hydrogens is 326 g/mol. The average molecular weight is 353 g/mol. The zero-order chi connectivity index (χ0) is 17.6. The molecule has 2 N–H and O–H groups in total. The molecule has 1 amide bonds. The monoisotopic (exact) mass is 353 g/mol. The first kappa shape index (κ1) is 18.9. The first-order valence-corrected chi connectivity index (χ1v) is 9.93. The normalized spacial score (nSPS) is 16.4. The molecule has 0 radical (unpaired) electrons. The van der Waals surface area contributed by atoms with Crippen molar-refractivity contribution in [2.45, 2.75) is 31.6 Å². The maximum Gasteiger partial charge on any atom is 0.240 e. The Kier molecular flexibility index (Phi) is 6.77. The maximum absolute atomic E-state index is 12.3. The molecule has 6 nitrogen and oxygen atoms in total. The number of amides is 1. The molecule has 0 bridgehead atoms. The predicted octanol–water partition coefficient (Wildman–Crippen LogP) is 0.985. The van der Waals surface area contributed by atoms with E-state index in [0.717, 1.165) is 18.5 Å². The molecule has 24 heavy (non-hydrogen) atoms. The highest BCUT2D eigenvalue weighted by Gasteiger charge is 2.16. The highest BCUT2D eigenvalue weighted by atomic mass is 32.2. The number of nitrogens with zero attached hydrogens (tertiary/aromatic N) is 1. The van der Waals surface area contributed by atoms with Gasteiger partial charge in [-0.3, -0.25) is 9.69 Å². The van der Waals surface area contributed by atoms with Crippen molar-refractivity contribution in [1.82, 2.24) is 14.9 Å². The summed E-state index contributed by atoms with van der Waals surface area (Å²) in [5.74, 6) is 0.575. The van der Waals surface area contributed by atoms with Crippen LogP contribution in [-0.4, -0.2) is 51.9 Å². The van der Waals surface area contributed by atoms with Crippen LogP contribution in [0.15, 0.2) is 29.2 Å². The largest absolute Gasteiger partial charge is 0.354 e. The molecule has 1 fully saturated rings. The topological polar surface area (TPSA) is 78.5 Å². The van der Waals surface area contributed by atoms with Crippen LogP contribution < -0.4 is 10.0 Å². The summed E-state index contributed by atoms with van der Waals surface area (Å²) in [6.07, 6.45) is 1.62. The van der Waals surface area contributed by atoms with Gasteiger partial charge in [0.15, 0.2) is 0 Å². The minimum atomic E-state index is -3.47. The third-order valence-corrected chi connectivity index (χ3v) is 5.42. The van der Waals surface area contributed by atoms with E-state index in [1.165, 1.54) is 0 Å². The van der Waals surface area contributed by atoms with Crippen molar-refractivity contribution in [3.8, 4) is 0 Å². The van der Waals surface area contributed by atoms with Crippen LogP contribution in [0.3, 0.4) is 0 Å². The van der Waals surface area contributed by atoms with Crippen molar-refractivity contribution < 1.29 is 13.2 Å². The van der Waals surface area contributed by atoms with Crippen LogP contribution in [0.25, 0.3) is 0 Å². The molecule has 0 saturated carbocycles. The summed E-state index contributed by atoms with van der Waals surface area (Å²) in [4.78, 5) is 13.6. The summed E-state index contributed by atoms with van der Waals surface area (Å²) in [5, 5.41) is 2.77. The summed E-state index contributed by atoms with van der Waals surface area (Å²) in [5.41, 5.74) is 1.15. The molecule has 0 spiro atoms. The fourth-order valence-corrected chi connectivity index (χ4v) is 3.83. The quantitative estimate of drug-likeness (QED) is 0.683. The molecule has 2 rings (SSSR count). The second kappa shape index (κ2) is 8.60. The third-order valence-electron chi connectivity index (χ3n) is 3.94. The molecule has 0 unspecified atom stereocenters. The number of rotatable bonds is 8. The Morgan fingerprint density at radius 3 is 2.58 bits per heavy atom. The summed E-state index contributed by atoms with van der Waals surface area (Å²) >= 11 is 0. The molecule has 1 aromatic rings. The molecule has 1 aliphatic rings. The van der Waals surface area contributed by atoms with E-state index in [4.69, 9.17) is 0 Å². The Morgan fingerprint density at radius 1 is 1.25 bits per heavy atom. The summed E-state index contributed by atoms with van der Waals surface area (Å²) in [7, 11) is -3.47. The molecule has 1 aromatic carbocycles. The van der Waals surface area contributed by atoms with Gasteiger partial charge in [-0.05, 0) is 43.0 Å². The smallest absolute Gasteiger partial charge is 0.240 e. The van der Waals surface area contributed by atoms with Crippen LogP contribution in [0.1, 0.15) is 25.8 Å². The van der Waals surface area contributed by atoms with Gasteiger partial charge in [0, 0.05) is 19.6 Å². The molecule has 7 heteroatoms. The van der Waals surface area contributed by atoms with Crippen LogP contribution >= 0.6 is 0 Å². The summed E-state index contributed by atoms with van der Waals surface area (Å²) in [6, 6.07) is 7.08. The Balaban J connectivity index is 1.79. The average Bonchev–Trinajstić information content (AvgIpc) is 2.52. The number of nitrogens with one attached hydrogen (secondary N) is 2. The second-order valence-electron chi connectivity index (χ2n) is 6.62. The van der Waals surface area contributed by atoms with Crippen molar-refractivity contribution in [1.29, 1.82) is 0 Å². The van der Waals surface area contributed by atoms with Gasteiger partial charge in [0.1, 0.15) is 0 Å². The van der Waals surface area contributed by atoms with Gasteiger partial charge in [0.05, 0.1) is 11.4 Å². The van der Waals surface area contributed by atoms with Crippen molar-refractivity contribution in [2.75, 3.05) is 32.7 Å². The number of sulfonamides is 1. The summed E-state index contributed by atoms with van der Waals surface area (Å²) < 4.78 is 27.2. The van der Waals surface area contributed by atoms with Crippen molar-refractivity contribution in [3.63, 3.8) is 0 Å². The van der Waals surface area contributed by atoms with Crippen LogP contribution in [-0.2, 0) is 21.2 Å². The standard InChI is InChI=1S/C17H27N3O3S/c1-14(2)12-15-4-6-16(7-5-15)24(22,23)19-8-3-10-20-11-9-18-17(21)13-20/h4-7,14,19H,3,8-13H2,1-2H3,(H,18,21). The molecule has 1 heterocycles. The Labute approximate surface area is 144 Å². The maximum atomic E-state index is 12.3. The molecule has 1 saturated heterocycles. The minimum Gasteiger partial charge on any atom is -0.354 e. The molecular formula is C17H27N3O3S. The van der Waals surface area contributed by atoms with E-state index >= 15 is 0 Å². The molecule has 134 valence electrons. The van der Waals surface area contributed by atoms with E-state index in [0.29, 0.717) is 43.4 Å². The van der Waals surface area contributed by atoms with Gasteiger partial charge in [0.2, 0.25) is 15.9 Å². The van der Waals surface area contributed by atoms with E-state index in [1.54, 1.807) is 12.1 Å². The number of hydrogen-bond donors (Lipinski definition) is 2. The van der Waals surface area contributed by atoms with Crippen LogP contribution in [0, 0.1) is 5.92 Å². The second-order valence-corrected chi connectivity index (χ2v) is 8.39. The van der Waals surface area contributed by atoms with Crippen LogP contribution in [0.4, 0.5) is 0 Å². The minimum absolute atomic E-state index is 0.0309. The van der Waals surface area contributed by atoms with E-state index in [9.17, 15) is 13.2 Å². The fourth-order valence-electron chi connectivity index (χ4n) is 2.75. The zero-order valence-electron chi connectivity index (χ0n) is 14.4. The van der Waals surface area contributed by atoms with E-state index in [1.807, 2.05) is 17.0 Å². The van der Waals surface area contributed by atoms with Gasteiger partial charge >= 0.3 is 0 Å². The Hall–Kier alpha value is -1.44. The van der Waals surface area contributed by atoms with Crippen LogP contribution in [0.2, 0.25) is 0 Å². The first-order chi connectivity index (χ1) is 11.4. The molecule has 1 aliphatic heterocycles. The third kappa shape index (κ3) is 5.89. The molecule has 0 atom stereocenters. The highest BCUT2D eigenvalue weighted by molar-refractivity contribution is 7.89. The van der Waals surface area contributed by atoms with Gasteiger partial charge in [0.25, 0.3) is 0 Å². The lowest BCUT2D eigenvalue weighted by Gasteiger charge is -2.26. The fraction of sp³-hybridized carbons (Fsp3) is 0.588. The number of carbonyl (C=O) groups excluding carboxylic acids is 1. The first-order valence-electron chi connectivity index (χ1n) is 8.44. The number of benzene rings is 1. The van der Waals surface area contributed by atoms with Gasteiger partial charge in [-0.2, -0.15) is 0 Å². The van der Waals surface area contributed by atoms with E-state index in [-0.39, 0.29) is 5.91 Å². The lowest BCUT2D eigenvalue weighted by molar-refractivity contribution is -0.124. The highest BCUT2D eigenvalue weighted by Crippen LogP contribution is 2.13. The SMILES string of the molecule is CC(C)Cc1ccc(S(=O)(=O)NCCCN2CCNC(=O)C2)cc1. The van der Waals surface area contributed by atoms with E-state index in [2.05, 4.69) is 23.9 Å². The van der Waals surface area contributed by atoms with Gasteiger partial charge in [-0.1, -0.05) is 26.0 Å². The number of piperazine rings is 1. The summed E-state index contributed by atoms with van der Waals surface area (Å²) in [6.45, 7) is 7.22. The van der Waals surface area contributed by atoms with Gasteiger partial charge in [-0.25, -0.2) is 13.1 Å². The van der Waals surface area contributed by atoms with Crippen molar-refractivity contribution >= 4 is 15.9 Å². The lowest BCUT2D eigenvalue weighted by atomic mass is 10.0. The number of carbonyl (C=O) groups is 1. The predicted molar refractivity (Wildman–Crippen MR) is 94.2 cm³/mol. The Morgan fingerprint density at radius 2 is 1.96 bits per heavy atom. The van der Waals surface area contributed by atoms with Crippen molar-refractivity contribution in [2.24, 2.45) is 5.92 Å². The molecule has 0 aliphatic carbocycles. The zero-order valence-corrected chi connectivity index (χ0v) is 15.2. The van der Waals surface area contributed by atoms with Crippen molar-refractivity contribution in [3.05, 3.63) is 29.8 Å². The van der Waals surface area contributed by atoms with Crippen LogP contribution in [0.5, 0.6) is 0 Å². The number of hydrogen-bond acceptors (Lipinski definition) is 4. The van der Waals surface area contributed by atoms with Gasteiger partial charge in [-0.15, -0.1) is 0 Å².